The third-order valence-corrected chi connectivity index (χ3v) is 11.9. The number of rotatable bonds is 8. The molecule has 0 saturated carbocycles. The van der Waals surface area contributed by atoms with Gasteiger partial charge in [-0.15, -0.1) is 0 Å². The highest BCUT2D eigenvalue weighted by Crippen LogP contribution is 2.61. The Morgan fingerprint density at radius 3 is 2.11 bits per heavy atom. The Hall–Kier alpha value is -5.19. The second-order valence-electron chi connectivity index (χ2n) is 15.1. The average Bonchev–Trinajstić information content (AvgIpc) is 3.48. The van der Waals surface area contributed by atoms with Crippen LogP contribution in [-0.2, 0) is 15.8 Å². The fourth-order valence-corrected chi connectivity index (χ4v) is 9.55. The summed E-state index contributed by atoms with van der Waals surface area (Å²) in [6, 6.07) is 40.3. The minimum absolute atomic E-state index is 0.176. The highest BCUT2D eigenvalue weighted by atomic mass is 19.1. The number of benzene rings is 6. The van der Waals surface area contributed by atoms with Gasteiger partial charge in [0.1, 0.15) is 11.6 Å². The van der Waals surface area contributed by atoms with E-state index in [4.69, 9.17) is 9.47 Å². The second kappa shape index (κ2) is 13.3. The molecule has 4 heteroatoms. The van der Waals surface area contributed by atoms with Gasteiger partial charge in [-0.2, -0.15) is 0 Å². The molecule has 1 saturated heterocycles. The standard InChI is InChI=1S/C49H46FNO2/c1-4-24-48(25-5-2)44-32-35(34-9-7-6-8-10-34)12-22-41(44)45-43-31-33(3)11-21-40(43)47-42(46(45)48)23-26-49(53-47,36-13-17-38(50)18-14-36)37-15-19-39(20-16-37)51-27-29-52-30-28-51/h6-23,26,31-32H,4-5,24-25,27-30H2,1-3H3. The van der Waals surface area contributed by atoms with Crippen molar-refractivity contribution in [3.05, 3.63) is 161 Å². The number of anilines is 1. The van der Waals surface area contributed by atoms with E-state index in [9.17, 15) is 4.39 Å². The number of hydrogen-bond acceptors (Lipinski definition) is 3. The summed E-state index contributed by atoms with van der Waals surface area (Å²) in [5, 5.41) is 2.33. The van der Waals surface area contributed by atoms with Crippen molar-refractivity contribution >= 4 is 22.5 Å². The van der Waals surface area contributed by atoms with Crippen molar-refractivity contribution in [3.63, 3.8) is 0 Å². The average molecular weight is 700 g/mol. The van der Waals surface area contributed by atoms with Crippen molar-refractivity contribution in [2.24, 2.45) is 0 Å². The topological polar surface area (TPSA) is 21.7 Å². The summed E-state index contributed by atoms with van der Waals surface area (Å²) in [6.45, 7) is 10.0. The monoisotopic (exact) mass is 699 g/mol. The molecule has 2 heterocycles. The maximum absolute atomic E-state index is 14.5. The zero-order chi connectivity index (χ0) is 36.2. The molecule has 53 heavy (non-hydrogen) atoms. The molecule has 0 bridgehead atoms. The molecule has 2 aliphatic heterocycles. The third-order valence-electron chi connectivity index (χ3n) is 11.9. The number of hydrogen-bond donors (Lipinski definition) is 0. The summed E-state index contributed by atoms with van der Waals surface area (Å²) < 4.78 is 27.7. The van der Waals surface area contributed by atoms with Crippen molar-refractivity contribution in [1.82, 2.24) is 0 Å². The number of morpholine rings is 1. The lowest BCUT2D eigenvalue weighted by Crippen LogP contribution is -2.37. The minimum atomic E-state index is -0.958. The van der Waals surface area contributed by atoms with Crippen LogP contribution in [0.2, 0.25) is 0 Å². The molecule has 3 nitrogen and oxygen atoms in total. The van der Waals surface area contributed by atoms with Crippen LogP contribution in [0.3, 0.4) is 0 Å². The molecular weight excluding hydrogens is 654 g/mol. The lowest BCUT2D eigenvalue weighted by molar-refractivity contribution is 0.122. The van der Waals surface area contributed by atoms with Crippen molar-refractivity contribution in [2.45, 2.75) is 57.5 Å². The Bertz CT molecular complexity index is 2330. The van der Waals surface area contributed by atoms with E-state index in [1.54, 1.807) is 12.1 Å². The maximum atomic E-state index is 14.5. The van der Waals surface area contributed by atoms with Crippen molar-refractivity contribution < 1.29 is 13.9 Å². The van der Waals surface area contributed by atoms with Gasteiger partial charge in [-0.25, -0.2) is 4.39 Å². The second-order valence-corrected chi connectivity index (χ2v) is 15.1. The van der Waals surface area contributed by atoms with Gasteiger partial charge >= 0.3 is 0 Å². The number of nitrogens with zero attached hydrogens (tertiary/aromatic N) is 1. The number of halogens is 1. The molecule has 266 valence electrons. The molecule has 0 amide bonds. The van der Waals surface area contributed by atoms with Gasteiger partial charge in [-0.1, -0.05) is 123 Å². The minimum Gasteiger partial charge on any atom is -0.472 e. The highest BCUT2D eigenvalue weighted by molar-refractivity contribution is 6.09. The van der Waals surface area contributed by atoms with Crippen LogP contribution in [0.1, 0.15) is 72.9 Å². The van der Waals surface area contributed by atoms with Crippen molar-refractivity contribution in [1.29, 1.82) is 0 Å². The molecule has 1 unspecified atom stereocenters. The van der Waals surface area contributed by atoms with Crippen molar-refractivity contribution in [2.75, 3.05) is 31.2 Å². The molecule has 1 aliphatic carbocycles. The Kier molecular flexibility index (Phi) is 8.47. The van der Waals surface area contributed by atoms with E-state index < -0.39 is 5.60 Å². The summed E-state index contributed by atoms with van der Waals surface area (Å²) in [7, 11) is 0. The van der Waals surface area contributed by atoms with Gasteiger partial charge in [-0.3, -0.25) is 0 Å². The quantitative estimate of drug-likeness (QED) is 0.158. The van der Waals surface area contributed by atoms with E-state index >= 15 is 0 Å². The van der Waals surface area contributed by atoms with Crippen LogP contribution >= 0.6 is 0 Å². The van der Waals surface area contributed by atoms with E-state index in [2.05, 4.69) is 129 Å². The van der Waals surface area contributed by atoms with E-state index in [-0.39, 0.29) is 11.2 Å². The first kappa shape index (κ1) is 33.6. The number of fused-ring (bicyclic) bond motifs is 8. The molecule has 0 aromatic heterocycles. The van der Waals surface area contributed by atoms with Gasteiger partial charge in [0.25, 0.3) is 0 Å². The molecular formula is C49H46FNO2. The normalized spacial score (nSPS) is 18.4. The number of ether oxygens (including phenoxy) is 2. The predicted octanol–water partition coefficient (Wildman–Crippen LogP) is 12.0. The maximum Gasteiger partial charge on any atom is 0.178 e. The third kappa shape index (κ3) is 5.41. The van der Waals surface area contributed by atoms with Crippen LogP contribution in [0.4, 0.5) is 10.1 Å². The van der Waals surface area contributed by atoms with Crippen LogP contribution in [0.5, 0.6) is 5.75 Å². The Labute approximate surface area is 312 Å². The molecule has 3 aliphatic rings. The Balaban J connectivity index is 1.29. The first-order valence-electron chi connectivity index (χ1n) is 19.3. The Morgan fingerprint density at radius 2 is 1.42 bits per heavy atom. The summed E-state index contributed by atoms with van der Waals surface area (Å²) in [6.07, 6.45) is 8.78. The summed E-state index contributed by atoms with van der Waals surface area (Å²) in [5.74, 6) is 0.637. The lowest BCUT2D eigenvalue weighted by Gasteiger charge is -2.40. The zero-order valence-corrected chi connectivity index (χ0v) is 30.9. The van der Waals surface area contributed by atoms with Crippen LogP contribution in [0, 0.1) is 12.7 Å². The molecule has 9 rings (SSSR count). The largest absolute Gasteiger partial charge is 0.472 e. The van der Waals surface area contributed by atoms with Gasteiger partial charge in [-0.05, 0) is 94.9 Å². The summed E-state index contributed by atoms with van der Waals surface area (Å²) in [4.78, 5) is 2.37. The van der Waals surface area contributed by atoms with E-state index in [1.807, 2.05) is 12.1 Å². The molecule has 0 spiro atoms. The molecule has 1 fully saturated rings. The molecule has 0 radical (unpaired) electrons. The van der Waals surface area contributed by atoms with E-state index in [0.717, 1.165) is 74.2 Å². The van der Waals surface area contributed by atoms with Crippen LogP contribution < -0.4 is 9.64 Å². The summed E-state index contributed by atoms with van der Waals surface area (Å²) in [5.41, 5.74) is 12.3. The highest BCUT2D eigenvalue weighted by Gasteiger charge is 2.47. The molecule has 0 N–H and O–H groups in total. The molecule has 6 aromatic carbocycles. The molecule has 1 atom stereocenters. The van der Waals surface area contributed by atoms with Gasteiger partial charge < -0.3 is 14.4 Å². The first-order chi connectivity index (χ1) is 26.0. The van der Waals surface area contributed by atoms with Gasteiger partial charge in [0.05, 0.1) is 13.2 Å². The Morgan fingerprint density at radius 1 is 0.717 bits per heavy atom. The van der Waals surface area contributed by atoms with Gasteiger partial charge in [0.2, 0.25) is 0 Å². The van der Waals surface area contributed by atoms with Gasteiger partial charge in [0.15, 0.2) is 5.60 Å². The fourth-order valence-electron chi connectivity index (χ4n) is 9.55. The van der Waals surface area contributed by atoms with Gasteiger partial charge in [0, 0.05) is 46.3 Å². The predicted molar refractivity (Wildman–Crippen MR) is 216 cm³/mol. The fraction of sp³-hybridized carbons (Fsp3) is 0.265. The van der Waals surface area contributed by atoms with Crippen LogP contribution in [-0.4, -0.2) is 26.3 Å². The molecule has 6 aromatic rings. The van der Waals surface area contributed by atoms with Crippen LogP contribution in [0.25, 0.3) is 39.1 Å². The zero-order valence-electron chi connectivity index (χ0n) is 30.9. The van der Waals surface area contributed by atoms with E-state index in [0.29, 0.717) is 0 Å². The SMILES string of the molecule is CCCC1(CCC)c2cc(-c3ccccc3)ccc2-c2c1c1c(c3ccc(C)cc23)OC(c2ccc(F)cc2)(c2ccc(N3CCOCC3)cc2)C=C1. The van der Waals surface area contributed by atoms with Crippen molar-refractivity contribution in [3.8, 4) is 28.0 Å². The lowest BCUT2D eigenvalue weighted by atomic mass is 9.69. The van der Waals surface area contributed by atoms with Crippen LogP contribution in [0.15, 0.2) is 121 Å². The van der Waals surface area contributed by atoms with E-state index in [1.165, 1.54) is 55.6 Å². The first-order valence-corrected chi connectivity index (χ1v) is 19.3. The summed E-state index contributed by atoms with van der Waals surface area (Å²) >= 11 is 0. The smallest absolute Gasteiger partial charge is 0.178 e. The number of aryl methyl sites for hydroxylation is 1.